The van der Waals surface area contributed by atoms with Crippen LogP contribution in [-0.4, -0.2) is 63.9 Å². The monoisotopic (exact) mass is 451 g/mol. The summed E-state index contributed by atoms with van der Waals surface area (Å²) in [6.07, 6.45) is 3.28. The van der Waals surface area contributed by atoms with Crippen LogP contribution in [0.1, 0.15) is 15.9 Å². The molecule has 0 atom stereocenters. The van der Waals surface area contributed by atoms with Crippen LogP contribution in [0.3, 0.4) is 0 Å². The molecular formula is C24H25N3O4S. The Bertz CT molecular complexity index is 1260. The van der Waals surface area contributed by atoms with Crippen LogP contribution in [0.2, 0.25) is 0 Å². The van der Waals surface area contributed by atoms with Crippen LogP contribution in [0.5, 0.6) is 0 Å². The van der Waals surface area contributed by atoms with Gasteiger partial charge in [-0.05, 0) is 48.6 Å². The lowest BCUT2D eigenvalue weighted by Crippen LogP contribution is -2.37. The number of ether oxygens (including phenoxy) is 1. The highest BCUT2D eigenvalue weighted by atomic mass is 32.2. The average Bonchev–Trinajstić information content (AvgIpc) is 2.82. The number of sulfonamides is 1. The van der Waals surface area contributed by atoms with Gasteiger partial charge < -0.3 is 9.64 Å². The maximum Gasteiger partial charge on any atom is 0.242 e. The SMILES string of the molecule is CN(C)S(=O)(=O)c1ccc(C(=O)/C=C/c2cc3ccccc3nc2N2CCOCC2)cc1. The van der Waals surface area contributed by atoms with E-state index in [9.17, 15) is 13.2 Å². The number of hydrogen-bond acceptors (Lipinski definition) is 6. The number of anilines is 1. The standard InChI is InChI=1S/C24H25N3O4S/c1-26(2)32(29,30)21-10-7-18(8-11-21)23(28)12-9-20-17-19-5-3-4-6-22(19)25-24(20)27-13-15-31-16-14-27/h3-12,17H,13-16H2,1-2H3/b12-9+. The van der Waals surface area contributed by atoms with Gasteiger partial charge in [0.1, 0.15) is 5.82 Å². The molecule has 2 aromatic carbocycles. The fourth-order valence-corrected chi connectivity index (χ4v) is 4.44. The summed E-state index contributed by atoms with van der Waals surface area (Å²) >= 11 is 0. The number of nitrogens with zero attached hydrogens (tertiary/aromatic N) is 3. The van der Waals surface area contributed by atoms with Crippen LogP contribution in [0.15, 0.2) is 65.6 Å². The van der Waals surface area contributed by atoms with E-state index in [1.165, 1.54) is 44.4 Å². The minimum atomic E-state index is -3.53. The number of allylic oxidation sites excluding steroid dienone is 1. The maximum absolute atomic E-state index is 12.8. The Kier molecular flexibility index (Phi) is 6.36. The largest absolute Gasteiger partial charge is 0.378 e. The minimum absolute atomic E-state index is 0.149. The second kappa shape index (κ2) is 9.20. The summed E-state index contributed by atoms with van der Waals surface area (Å²) in [4.78, 5) is 19.9. The van der Waals surface area contributed by atoms with Gasteiger partial charge in [-0.3, -0.25) is 4.79 Å². The molecule has 0 N–H and O–H groups in total. The van der Waals surface area contributed by atoms with Crippen molar-refractivity contribution in [1.29, 1.82) is 0 Å². The van der Waals surface area contributed by atoms with E-state index in [0.29, 0.717) is 18.8 Å². The van der Waals surface area contributed by atoms with Crippen molar-refractivity contribution < 1.29 is 17.9 Å². The number of para-hydroxylation sites is 1. The topological polar surface area (TPSA) is 79.8 Å². The molecule has 1 saturated heterocycles. The summed E-state index contributed by atoms with van der Waals surface area (Å²) in [6, 6.07) is 15.9. The van der Waals surface area contributed by atoms with Gasteiger partial charge >= 0.3 is 0 Å². The fraction of sp³-hybridized carbons (Fsp3) is 0.250. The van der Waals surface area contributed by atoms with Crippen molar-refractivity contribution in [3.05, 3.63) is 71.8 Å². The molecule has 0 amide bonds. The molecule has 7 nitrogen and oxygen atoms in total. The predicted octanol–water partition coefficient (Wildman–Crippen LogP) is 3.22. The predicted molar refractivity (Wildman–Crippen MR) is 125 cm³/mol. The molecule has 0 aliphatic carbocycles. The second-order valence-electron chi connectivity index (χ2n) is 7.70. The Hall–Kier alpha value is -3.07. The molecule has 0 radical (unpaired) electrons. The molecular weight excluding hydrogens is 426 g/mol. The molecule has 0 spiro atoms. The van der Waals surface area contributed by atoms with Crippen LogP contribution in [0, 0.1) is 0 Å². The van der Waals surface area contributed by atoms with Gasteiger partial charge in [-0.2, -0.15) is 0 Å². The van der Waals surface area contributed by atoms with E-state index in [1.54, 1.807) is 6.08 Å². The van der Waals surface area contributed by atoms with Crippen LogP contribution in [-0.2, 0) is 14.8 Å². The molecule has 4 rings (SSSR count). The Morgan fingerprint density at radius 2 is 1.75 bits per heavy atom. The molecule has 1 aliphatic heterocycles. The zero-order chi connectivity index (χ0) is 22.7. The molecule has 32 heavy (non-hydrogen) atoms. The first-order valence-electron chi connectivity index (χ1n) is 10.3. The summed E-state index contributed by atoms with van der Waals surface area (Å²) in [6.45, 7) is 2.75. The Morgan fingerprint density at radius 1 is 1.06 bits per heavy atom. The normalized spacial score (nSPS) is 15.0. The lowest BCUT2D eigenvalue weighted by atomic mass is 10.1. The van der Waals surface area contributed by atoms with Crippen molar-refractivity contribution in [2.24, 2.45) is 0 Å². The summed E-state index contributed by atoms with van der Waals surface area (Å²) in [5, 5.41) is 0.995. The maximum atomic E-state index is 12.8. The fourth-order valence-electron chi connectivity index (χ4n) is 3.54. The first-order chi connectivity index (χ1) is 15.4. The first kappa shape index (κ1) is 22.1. The van der Waals surface area contributed by atoms with Crippen molar-refractivity contribution >= 4 is 38.6 Å². The number of hydrogen-bond donors (Lipinski definition) is 0. The van der Waals surface area contributed by atoms with Crippen LogP contribution < -0.4 is 4.90 Å². The van der Waals surface area contributed by atoms with Gasteiger partial charge in [0.15, 0.2) is 5.78 Å². The van der Waals surface area contributed by atoms with E-state index < -0.39 is 10.0 Å². The van der Waals surface area contributed by atoms with Gasteiger partial charge in [-0.1, -0.05) is 18.2 Å². The highest BCUT2D eigenvalue weighted by Gasteiger charge is 2.18. The number of morpholine rings is 1. The number of ketones is 1. The van der Waals surface area contributed by atoms with Gasteiger partial charge in [-0.25, -0.2) is 17.7 Å². The Balaban J connectivity index is 1.63. The lowest BCUT2D eigenvalue weighted by molar-refractivity contribution is 0.104. The van der Waals surface area contributed by atoms with Gasteiger partial charge in [-0.15, -0.1) is 0 Å². The molecule has 1 aromatic heterocycles. The summed E-state index contributed by atoms with van der Waals surface area (Å²) in [5.41, 5.74) is 2.17. The van der Waals surface area contributed by atoms with E-state index in [2.05, 4.69) is 4.90 Å². The molecule has 1 fully saturated rings. The number of pyridine rings is 1. The van der Waals surface area contributed by atoms with Gasteiger partial charge in [0.05, 0.1) is 23.6 Å². The lowest BCUT2D eigenvalue weighted by Gasteiger charge is -2.29. The third-order valence-electron chi connectivity index (χ3n) is 5.37. The number of aromatic nitrogens is 1. The minimum Gasteiger partial charge on any atom is -0.378 e. The third-order valence-corrected chi connectivity index (χ3v) is 7.20. The molecule has 0 bridgehead atoms. The smallest absolute Gasteiger partial charge is 0.242 e. The van der Waals surface area contributed by atoms with E-state index in [1.807, 2.05) is 30.3 Å². The Morgan fingerprint density at radius 3 is 2.44 bits per heavy atom. The van der Waals surface area contributed by atoms with Crippen molar-refractivity contribution in [2.75, 3.05) is 45.3 Å². The number of rotatable bonds is 6. The molecule has 1 aliphatic rings. The van der Waals surface area contributed by atoms with E-state index >= 15 is 0 Å². The summed E-state index contributed by atoms with van der Waals surface area (Å²) in [7, 11) is -0.587. The number of carbonyl (C=O) groups is 1. The molecule has 8 heteroatoms. The van der Waals surface area contributed by atoms with Crippen LogP contribution >= 0.6 is 0 Å². The number of fused-ring (bicyclic) bond motifs is 1. The van der Waals surface area contributed by atoms with Gasteiger partial charge in [0.2, 0.25) is 10.0 Å². The second-order valence-corrected chi connectivity index (χ2v) is 9.85. The zero-order valence-corrected chi connectivity index (χ0v) is 18.9. The summed E-state index contributed by atoms with van der Waals surface area (Å²) < 4.78 is 31.1. The molecule has 0 unspecified atom stereocenters. The van der Waals surface area contributed by atoms with Crippen molar-refractivity contribution in [2.45, 2.75) is 4.90 Å². The van der Waals surface area contributed by atoms with Crippen LogP contribution in [0.25, 0.3) is 17.0 Å². The van der Waals surface area contributed by atoms with Crippen molar-refractivity contribution in [3.63, 3.8) is 0 Å². The van der Waals surface area contributed by atoms with E-state index in [4.69, 9.17) is 9.72 Å². The zero-order valence-electron chi connectivity index (χ0n) is 18.1. The molecule has 0 saturated carbocycles. The number of carbonyl (C=O) groups excluding carboxylic acids is 1. The number of benzene rings is 2. The summed E-state index contributed by atoms with van der Waals surface area (Å²) in [5.74, 6) is 0.614. The molecule has 166 valence electrons. The Labute approximate surface area is 188 Å². The quantitative estimate of drug-likeness (QED) is 0.423. The molecule has 3 aromatic rings. The highest BCUT2D eigenvalue weighted by Crippen LogP contribution is 2.26. The van der Waals surface area contributed by atoms with Gasteiger partial charge in [0.25, 0.3) is 0 Å². The molecule has 2 heterocycles. The average molecular weight is 452 g/mol. The third kappa shape index (κ3) is 4.57. The van der Waals surface area contributed by atoms with E-state index in [0.717, 1.165) is 39.7 Å². The van der Waals surface area contributed by atoms with E-state index in [-0.39, 0.29) is 10.7 Å². The highest BCUT2D eigenvalue weighted by molar-refractivity contribution is 7.89. The van der Waals surface area contributed by atoms with Gasteiger partial charge in [0, 0.05) is 43.7 Å². The van der Waals surface area contributed by atoms with Crippen molar-refractivity contribution in [3.8, 4) is 0 Å². The first-order valence-corrected chi connectivity index (χ1v) is 11.8. The van der Waals surface area contributed by atoms with Crippen LogP contribution in [0.4, 0.5) is 5.82 Å². The van der Waals surface area contributed by atoms with Crippen molar-refractivity contribution in [1.82, 2.24) is 9.29 Å².